The van der Waals surface area contributed by atoms with Crippen molar-refractivity contribution in [3.05, 3.63) is 22.4 Å². The molecule has 1 heterocycles. The Labute approximate surface area is 102 Å². The first-order chi connectivity index (χ1) is 7.84. The molecule has 0 aromatic carbocycles. The average Bonchev–Trinajstić information content (AvgIpc) is 2.69. The van der Waals surface area contributed by atoms with Gasteiger partial charge in [-0.15, -0.1) is 11.3 Å². The molecule has 6 nitrogen and oxygen atoms in total. The molecule has 0 saturated heterocycles. The summed E-state index contributed by atoms with van der Waals surface area (Å²) in [5.41, 5.74) is 5.57. The van der Waals surface area contributed by atoms with E-state index in [0.717, 1.165) is 0 Å². The van der Waals surface area contributed by atoms with Crippen LogP contribution in [0.5, 0.6) is 0 Å². The first-order valence-corrected chi connectivity index (χ1v) is 5.64. The van der Waals surface area contributed by atoms with Crippen molar-refractivity contribution in [3.63, 3.8) is 0 Å². The van der Waals surface area contributed by atoms with Crippen molar-refractivity contribution in [2.24, 2.45) is 5.73 Å². The van der Waals surface area contributed by atoms with Crippen LogP contribution >= 0.6 is 11.3 Å². The summed E-state index contributed by atoms with van der Waals surface area (Å²) in [7, 11) is 0. The molecule has 0 spiro atoms. The minimum atomic E-state index is -1.79. The number of carboxylic acid groups (broad SMARTS) is 2. The van der Waals surface area contributed by atoms with Gasteiger partial charge in [0.1, 0.15) is 0 Å². The molecule has 0 aliphatic heterocycles. The van der Waals surface area contributed by atoms with E-state index in [0.29, 0.717) is 0 Å². The van der Waals surface area contributed by atoms with Crippen LogP contribution in [-0.4, -0.2) is 33.4 Å². The number of nitrogens with two attached hydrogens (primary N) is 1. The maximum Gasteiger partial charge on any atom is 0.333 e. The van der Waals surface area contributed by atoms with Gasteiger partial charge in [0.25, 0.3) is 0 Å². The van der Waals surface area contributed by atoms with Gasteiger partial charge in [0.15, 0.2) is 6.10 Å². The summed E-state index contributed by atoms with van der Waals surface area (Å²) in [4.78, 5) is 20.7. The molecule has 0 amide bonds. The van der Waals surface area contributed by atoms with Crippen LogP contribution in [0.1, 0.15) is 24.3 Å². The monoisotopic (exact) mass is 261 g/mol. The van der Waals surface area contributed by atoms with Gasteiger partial charge in [0, 0.05) is 10.9 Å². The molecule has 96 valence electrons. The number of carboxylic acids is 2. The second-order valence-corrected chi connectivity index (χ2v) is 4.24. The number of hydrogen-bond acceptors (Lipinski definition) is 5. The third-order valence-corrected chi connectivity index (χ3v) is 2.72. The topological polar surface area (TPSA) is 121 Å². The summed E-state index contributed by atoms with van der Waals surface area (Å²) in [5.74, 6) is -2.85. The Morgan fingerprint density at radius 2 is 2.06 bits per heavy atom. The van der Waals surface area contributed by atoms with Crippen LogP contribution in [0.15, 0.2) is 17.5 Å². The third kappa shape index (κ3) is 7.45. The molecule has 1 aromatic rings. The summed E-state index contributed by atoms with van der Waals surface area (Å²) in [6.45, 7) is 1.99. The van der Waals surface area contributed by atoms with Crippen LogP contribution in [0.25, 0.3) is 0 Å². The third-order valence-electron chi connectivity index (χ3n) is 1.64. The van der Waals surface area contributed by atoms with Crippen LogP contribution in [0.4, 0.5) is 0 Å². The van der Waals surface area contributed by atoms with Gasteiger partial charge in [-0.3, -0.25) is 4.79 Å². The Hall–Kier alpha value is -1.44. The predicted octanol–water partition coefficient (Wildman–Crippen LogP) is 0.674. The fourth-order valence-corrected chi connectivity index (χ4v) is 1.49. The molecule has 1 aromatic heterocycles. The van der Waals surface area contributed by atoms with Gasteiger partial charge >= 0.3 is 11.9 Å². The van der Waals surface area contributed by atoms with Crippen molar-refractivity contribution in [3.8, 4) is 0 Å². The van der Waals surface area contributed by atoms with Crippen molar-refractivity contribution in [2.45, 2.75) is 25.5 Å². The van der Waals surface area contributed by atoms with E-state index in [4.69, 9.17) is 21.1 Å². The van der Waals surface area contributed by atoms with Gasteiger partial charge in [0.05, 0.1) is 6.42 Å². The molecule has 5 N–H and O–H groups in total. The van der Waals surface area contributed by atoms with Gasteiger partial charge in [-0.2, -0.15) is 0 Å². The van der Waals surface area contributed by atoms with E-state index in [-0.39, 0.29) is 6.04 Å². The highest BCUT2D eigenvalue weighted by atomic mass is 32.1. The van der Waals surface area contributed by atoms with E-state index >= 15 is 0 Å². The fourth-order valence-electron chi connectivity index (χ4n) is 0.803. The Kier molecular flexibility index (Phi) is 7.11. The molecular weight excluding hydrogens is 246 g/mol. The van der Waals surface area contributed by atoms with Gasteiger partial charge in [-0.25, -0.2) is 4.79 Å². The number of aliphatic carboxylic acids is 2. The highest BCUT2D eigenvalue weighted by Crippen LogP contribution is 2.14. The van der Waals surface area contributed by atoms with E-state index in [9.17, 15) is 9.59 Å². The summed E-state index contributed by atoms with van der Waals surface area (Å²) in [5, 5.41) is 26.2. The number of rotatable bonds is 4. The summed E-state index contributed by atoms with van der Waals surface area (Å²) < 4.78 is 0. The van der Waals surface area contributed by atoms with Gasteiger partial charge < -0.3 is 21.1 Å². The van der Waals surface area contributed by atoms with Crippen LogP contribution in [0.3, 0.4) is 0 Å². The fraction of sp³-hybridized carbons (Fsp3) is 0.400. The summed E-state index contributed by atoms with van der Waals surface area (Å²) >= 11 is 1.71. The maximum absolute atomic E-state index is 9.72. The molecule has 0 fully saturated rings. The number of thiophene rings is 1. The highest BCUT2D eigenvalue weighted by Gasteiger charge is 2.16. The smallest absolute Gasteiger partial charge is 0.333 e. The molecule has 17 heavy (non-hydrogen) atoms. The van der Waals surface area contributed by atoms with E-state index in [1.807, 2.05) is 18.4 Å². The molecule has 1 rings (SSSR count). The minimum absolute atomic E-state index is 0.204. The van der Waals surface area contributed by atoms with Crippen molar-refractivity contribution in [1.29, 1.82) is 0 Å². The molecule has 7 heteroatoms. The Balaban J connectivity index is 0.000000302. The summed E-state index contributed by atoms with van der Waals surface area (Å²) in [6.07, 6.45) is -2.54. The lowest BCUT2D eigenvalue weighted by molar-refractivity contribution is -0.152. The normalized spacial score (nSPS) is 13.1. The first kappa shape index (κ1) is 15.6. The van der Waals surface area contributed by atoms with Crippen LogP contribution in [0.2, 0.25) is 0 Å². The maximum atomic E-state index is 9.72. The number of aliphatic hydroxyl groups excluding tert-OH is 1. The van der Waals surface area contributed by atoms with Crippen LogP contribution in [0, 0.1) is 0 Å². The lowest BCUT2D eigenvalue weighted by atomic mass is 10.3. The molecule has 2 atom stereocenters. The van der Waals surface area contributed by atoms with Gasteiger partial charge in [-0.1, -0.05) is 6.07 Å². The van der Waals surface area contributed by atoms with E-state index in [2.05, 4.69) is 6.07 Å². The molecular formula is C10H15NO5S. The molecule has 0 aliphatic carbocycles. The molecule has 0 aliphatic rings. The quantitative estimate of drug-likeness (QED) is 0.632. The lowest BCUT2D eigenvalue weighted by Crippen LogP contribution is -2.22. The Bertz CT molecular complexity index is 350. The van der Waals surface area contributed by atoms with Gasteiger partial charge in [0.2, 0.25) is 0 Å². The Morgan fingerprint density at radius 1 is 1.47 bits per heavy atom. The summed E-state index contributed by atoms with van der Waals surface area (Å²) in [6, 6.07) is 4.27. The first-order valence-electron chi connectivity index (χ1n) is 4.76. The van der Waals surface area contributed by atoms with E-state index in [1.54, 1.807) is 11.3 Å². The minimum Gasteiger partial charge on any atom is -0.481 e. The largest absolute Gasteiger partial charge is 0.481 e. The molecule has 0 bridgehead atoms. The predicted molar refractivity (Wildman–Crippen MR) is 62.8 cm³/mol. The lowest BCUT2D eigenvalue weighted by Gasteiger charge is -1.97. The zero-order valence-electron chi connectivity index (χ0n) is 9.24. The van der Waals surface area contributed by atoms with Crippen molar-refractivity contribution in [1.82, 2.24) is 0 Å². The zero-order chi connectivity index (χ0) is 13.4. The van der Waals surface area contributed by atoms with Crippen molar-refractivity contribution < 1.29 is 24.9 Å². The molecule has 0 radical (unpaired) electrons. The Morgan fingerprint density at radius 3 is 2.24 bits per heavy atom. The van der Waals surface area contributed by atoms with E-state index < -0.39 is 24.5 Å². The second kappa shape index (κ2) is 7.77. The average molecular weight is 261 g/mol. The number of hydrogen-bond donors (Lipinski definition) is 4. The molecule has 0 unspecified atom stereocenters. The second-order valence-electron chi connectivity index (χ2n) is 3.26. The van der Waals surface area contributed by atoms with Gasteiger partial charge in [-0.05, 0) is 18.4 Å². The van der Waals surface area contributed by atoms with Crippen LogP contribution < -0.4 is 5.73 Å². The standard InChI is InChI=1S/C6H9NS.C4H6O5/c1-5(7)6-3-2-4-8-6;5-2(4(8)9)1-3(6)7/h2-5H,7H2,1H3;2,5H,1H2,(H,6,7)(H,8,9)/t5-;2-/m01/s1. The molecule has 0 saturated carbocycles. The highest BCUT2D eigenvalue weighted by molar-refractivity contribution is 7.10. The van der Waals surface area contributed by atoms with Crippen molar-refractivity contribution >= 4 is 23.3 Å². The number of carbonyl (C=O) groups is 2. The van der Waals surface area contributed by atoms with Crippen LogP contribution in [-0.2, 0) is 9.59 Å². The SMILES string of the molecule is C[C@H](N)c1cccs1.O=C(O)C[C@@H](O)C(=O)O. The van der Waals surface area contributed by atoms with Crippen molar-refractivity contribution in [2.75, 3.05) is 0 Å². The number of aliphatic hydroxyl groups is 1. The van der Waals surface area contributed by atoms with E-state index in [1.165, 1.54) is 4.88 Å². The zero-order valence-corrected chi connectivity index (χ0v) is 10.1.